The van der Waals surface area contributed by atoms with Crippen LogP contribution in [0.5, 0.6) is 5.75 Å². The first-order valence-electron chi connectivity index (χ1n) is 4.82. The number of nitrogens with one attached hydrogen (secondary N) is 1. The average molecular weight is 177 g/mol. The third kappa shape index (κ3) is 1.48. The van der Waals surface area contributed by atoms with Gasteiger partial charge in [0.15, 0.2) is 0 Å². The quantitative estimate of drug-likeness (QED) is 0.711. The first kappa shape index (κ1) is 8.42. The van der Waals surface area contributed by atoms with Gasteiger partial charge in [-0.15, -0.1) is 0 Å². The summed E-state index contributed by atoms with van der Waals surface area (Å²) in [6.07, 6.45) is 1.03. The van der Waals surface area contributed by atoms with Crippen LogP contribution >= 0.6 is 0 Å². The summed E-state index contributed by atoms with van der Waals surface area (Å²) in [6.45, 7) is 5.04. The van der Waals surface area contributed by atoms with Gasteiger partial charge in [0.2, 0.25) is 0 Å². The molecule has 2 heteroatoms. The molecule has 0 fully saturated rings. The predicted octanol–water partition coefficient (Wildman–Crippen LogP) is 2.44. The van der Waals surface area contributed by atoms with Crippen LogP contribution in [0.2, 0.25) is 0 Å². The second-order valence-corrected chi connectivity index (χ2v) is 3.50. The molecule has 0 saturated carbocycles. The molecular formula is C11H15NO. The molecule has 1 aromatic rings. The van der Waals surface area contributed by atoms with E-state index in [0.29, 0.717) is 6.04 Å². The fourth-order valence-electron chi connectivity index (χ4n) is 1.66. The molecule has 0 bridgehead atoms. The molecule has 1 aromatic carbocycles. The lowest BCUT2D eigenvalue weighted by molar-refractivity contribution is 0.289. The molecule has 1 aliphatic heterocycles. The van der Waals surface area contributed by atoms with Crippen LogP contribution in [-0.2, 0) is 6.42 Å². The van der Waals surface area contributed by atoms with E-state index in [1.807, 2.05) is 0 Å². The minimum Gasteiger partial charge on any atom is -0.489 e. The number of hydrogen-bond donors (Lipinski definition) is 1. The predicted molar refractivity (Wildman–Crippen MR) is 54.4 cm³/mol. The van der Waals surface area contributed by atoms with Crippen molar-refractivity contribution in [2.75, 3.05) is 11.9 Å². The largest absolute Gasteiger partial charge is 0.489 e. The van der Waals surface area contributed by atoms with Crippen molar-refractivity contribution in [1.29, 1.82) is 0 Å². The third-order valence-electron chi connectivity index (χ3n) is 2.36. The molecule has 0 radical (unpaired) electrons. The molecule has 0 spiro atoms. The Labute approximate surface area is 78.9 Å². The first-order chi connectivity index (χ1) is 6.31. The van der Waals surface area contributed by atoms with Gasteiger partial charge in [-0.25, -0.2) is 0 Å². The van der Waals surface area contributed by atoms with Gasteiger partial charge in [-0.2, -0.15) is 0 Å². The maximum atomic E-state index is 5.70. The van der Waals surface area contributed by atoms with Crippen molar-refractivity contribution < 1.29 is 4.74 Å². The summed E-state index contributed by atoms with van der Waals surface area (Å²) in [6, 6.07) is 6.69. The lowest BCUT2D eigenvalue weighted by Crippen LogP contribution is -2.28. The van der Waals surface area contributed by atoms with E-state index in [4.69, 9.17) is 4.74 Å². The van der Waals surface area contributed by atoms with Crippen molar-refractivity contribution >= 4 is 5.69 Å². The molecule has 1 heterocycles. The van der Waals surface area contributed by atoms with Gasteiger partial charge < -0.3 is 10.1 Å². The molecule has 70 valence electrons. The zero-order valence-electron chi connectivity index (χ0n) is 8.13. The van der Waals surface area contributed by atoms with Crippen molar-refractivity contribution in [2.24, 2.45) is 0 Å². The second-order valence-electron chi connectivity index (χ2n) is 3.50. The van der Waals surface area contributed by atoms with Crippen molar-refractivity contribution in [3.8, 4) is 5.75 Å². The lowest BCUT2D eigenvalue weighted by atomic mass is 10.1. The minimum absolute atomic E-state index is 0.416. The Morgan fingerprint density at radius 3 is 3.15 bits per heavy atom. The fraction of sp³-hybridized carbons (Fsp3) is 0.455. The van der Waals surface area contributed by atoms with Crippen LogP contribution in [0.15, 0.2) is 18.2 Å². The number of hydrogen-bond acceptors (Lipinski definition) is 2. The van der Waals surface area contributed by atoms with Crippen LogP contribution < -0.4 is 10.1 Å². The summed E-state index contributed by atoms with van der Waals surface area (Å²) in [7, 11) is 0. The molecule has 2 nitrogen and oxygen atoms in total. The average Bonchev–Trinajstić information content (AvgIpc) is 2.16. The number of para-hydroxylation sites is 1. The van der Waals surface area contributed by atoms with E-state index < -0.39 is 0 Å². The van der Waals surface area contributed by atoms with Crippen molar-refractivity contribution in [3.05, 3.63) is 23.8 Å². The van der Waals surface area contributed by atoms with Crippen LogP contribution in [0.3, 0.4) is 0 Å². The summed E-state index contributed by atoms with van der Waals surface area (Å²) >= 11 is 0. The Hall–Kier alpha value is -1.18. The van der Waals surface area contributed by atoms with Crippen LogP contribution in [0, 0.1) is 0 Å². The summed E-state index contributed by atoms with van der Waals surface area (Å²) in [5.74, 6) is 1.04. The Bertz CT molecular complexity index is 309. The molecular weight excluding hydrogens is 162 g/mol. The number of rotatable bonds is 1. The highest BCUT2D eigenvalue weighted by Gasteiger charge is 2.16. The van der Waals surface area contributed by atoms with Crippen LogP contribution in [0.25, 0.3) is 0 Å². The number of aryl methyl sites for hydroxylation is 1. The SMILES string of the molecule is CCc1cccc2c1OCC(C)N2. The maximum Gasteiger partial charge on any atom is 0.145 e. The smallest absolute Gasteiger partial charge is 0.145 e. The van der Waals surface area contributed by atoms with Crippen molar-refractivity contribution in [3.63, 3.8) is 0 Å². The molecule has 13 heavy (non-hydrogen) atoms. The highest BCUT2D eigenvalue weighted by molar-refractivity contribution is 5.61. The zero-order valence-corrected chi connectivity index (χ0v) is 8.13. The van der Waals surface area contributed by atoms with E-state index in [0.717, 1.165) is 24.5 Å². The highest BCUT2D eigenvalue weighted by Crippen LogP contribution is 2.32. The Morgan fingerprint density at radius 1 is 1.54 bits per heavy atom. The normalized spacial score (nSPS) is 20.0. The zero-order chi connectivity index (χ0) is 9.26. The van der Waals surface area contributed by atoms with Crippen LogP contribution in [0.1, 0.15) is 19.4 Å². The van der Waals surface area contributed by atoms with Gasteiger partial charge in [0, 0.05) is 0 Å². The van der Waals surface area contributed by atoms with Gasteiger partial charge in [0.25, 0.3) is 0 Å². The van der Waals surface area contributed by atoms with Gasteiger partial charge >= 0.3 is 0 Å². The second kappa shape index (κ2) is 3.29. The van der Waals surface area contributed by atoms with Gasteiger partial charge in [-0.3, -0.25) is 0 Å². The summed E-state index contributed by atoms with van der Waals surface area (Å²) < 4.78 is 5.70. The maximum absolute atomic E-state index is 5.70. The standard InChI is InChI=1S/C11H15NO/c1-3-9-5-4-6-10-11(9)13-7-8(2)12-10/h4-6,8,12H,3,7H2,1-2H3. The monoisotopic (exact) mass is 177 g/mol. The molecule has 2 rings (SSSR count). The number of anilines is 1. The first-order valence-corrected chi connectivity index (χ1v) is 4.82. The van der Waals surface area contributed by atoms with E-state index in [9.17, 15) is 0 Å². The number of ether oxygens (including phenoxy) is 1. The van der Waals surface area contributed by atoms with Gasteiger partial charge in [0.1, 0.15) is 12.4 Å². The van der Waals surface area contributed by atoms with E-state index in [1.165, 1.54) is 5.56 Å². The molecule has 1 atom stereocenters. The van der Waals surface area contributed by atoms with Crippen molar-refractivity contribution in [2.45, 2.75) is 26.3 Å². The Balaban J connectivity index is 2.39. The topological polar surface area (TPSA) is 21.3 Å². The summed E-state index contributed by atoms with van der Waals surface area (Å²) in [4.78, 5) is 0. The molecule has 1 unspecified atom stereocenters. The summed E-state index contributed by atoms with van der Waals surface area (Å²) in [5.41, 5.74) is 2.43. The Morgan fingerprint density at radius 2 is 2.38 bits per heavy atom. The number of fused-ring (bicyclic) bond motifs is 1. The highest BCUT2D eigenvalue weighted by atomic mass is 16.5. The lowest BCUT2D eigenvalue weighted by Gasteiger charge is -2.26. The molecule has 0 amide bonds. The van der Waals surface area contributed by atoms with Crippen LogP contribution in [0.4, 0.5) is 5.69 Å². The van der Waals surface area contributed by atoms with E-state index in [1.54, 1.807) is 0 Å². The number of benzene rings is 1. The fourth-order valence-corrected chi connectivity index (χ4v) is 1.66. The van der Waals surface area contributed by atoms with Gasteiger partial charge in [-0.05, 0) is 25.0 Å². The Kier molecular flexibility index (Phi) is 2.13. The van der Waals surface area contributed by atoms with Gasteiger partial charge in [-0.1, -0.05) is 19.1 Å². The molecule has 1 N–H and O–H groups in total. The minimum atomic E-state index is 0.416. The summed E-state index contributed by atoms with van der Waals surface area (Å²) in [5, 5.41) is 3.41. The third-order valence-corrected chi connectivity index (χ3v) is 2.36. The molecule has 0 aliphatic carbocycles. The van der Waals surface area contributed by atoms with E-state index >= 15 is 0 Å². The van der Waals surface area contributed by atoms with Gasteiger partial charge in [0.05, 0.1) is 11.7 Å². The van der Waals surface area contributed by atoms with Crippen LogP contribution in [-0.4, -0.2) is 12.6 Å². The van der Waals surface area contributed by atoms with E-state index in [-0.39, 0.29) is 0 Å². The van der Waals surface area contributed by atoms with Crippen molar-refractivity contribution in [1.82, 2.24) is 0 Å². The molecule has 0 saturated heterocycles. The van der Waals surface area contributed by atoms with E-state index in [2.05, 4.69) is 37.4 Å². The molecule has 1 aliphatic rings. The molecule has 0 aromatic heterocycles.